The third-order valence-corrected chi connectivity index (χ3v) is 5.34. The second kappa shape index (κ2) is 8.95. The zero-order valence-corrected chi connectivity index (χ0v) is 16.8. The van der Waals surface area contributed by atoms with Crippen molar-refractivity contribution in [3.05, 3.63) is 66.2 Å². The zero-order chi connectivity index (χ0) is 20.1. The van der Waals surface area contributed by atoms with Crippen LogP contribution < -0.4 is 0 Å². The molecule has 0 spiro atoms. The van der Waals surface area contributed by atoms with Gasteiger partial charge in [0.25, 0.3) is 0 Å². The summed E-state index contributed by atoms with van der Waals surface area (Å²) in [5.41, 5.74) is 1.73. The highest BCUT2D eigenvalue weighted by Gasteiger charge is 2.17. The molecule has 7 nitrogen and oxygen atoms in total. The first-order chi connectivity index (χ1) is 14.3. The minimum absolute atomic E-state index is 0.285. The van der Waals surface area contributed by atoms with Crippen molar-refractivity contribution in [2.75, 3.05) is 0 Å². The molecule has 9 heteroatoms. The number of hydrogen-bond acceptors (Lipinski definition) is 6. The number of halogens is 1. The highest BCUT2D eigenvalue weighted by atomic mass is 32.2. The van der Waals surface area contributed by atoms with Gasteiger partial charge in [-0.2, -0.15) is 0 Å². The van der Waals surface area contributed by atoms with Crippen LogP contribution in [0.25, 0.3) is 17.1 Å². The highest BCUT2D eigenvalue weighted by Crippen LogP contribution is 2.29. The van der Waals surface area contributed by atoms with Crippen LogP contribution in [0.5, 0.6) is 0 Å². The lowest BCUT2D eigenvalue weighted by Crippen LogP contribution is -2.05. The maximum absolute atomic E-state index is 13.5. The van der Waals surface area contributed by atoms with Gasteiger partial charge in [-0.15, -0.1) is 15.3 Å². The number of aryl methyl sites for hydroxylation is 1. The second-order valence-corrected chi connectivity index (χ2v) is 7.39. The quantitative estimate of drug-likeness (QED) is 0.407. The summed E-state index contributed by atoms with van der Waals surface area (Å²) in [4.78, 5) is 0. The van der Waals surface area contributed by atoms with Gasteiger partial charge < -0.3 is 0 Å². The van der Waals surface area contributed by atoms with Crippen molar-refractivity contribution in [2.45, 2.75) is 37.2 Å². The smallest absolute Gasteiger partial charge is 0.196 e. The lowest BCUT2D eigenvalue weighted by molar-refractivity contribution is 0.540. The Kier molecular flexibility index (Phi) is 5.95. The van der Waals surface area contributed by atoms with E-state index in [1.807, 2.05) is 39.6 Å². The third kappa shape index (κ3) is 4.34. The fourth-order valence-corrected chi connectivity index (χ4v) is 3.78. The van der Waals surface area contributed by atoms with Gasteiger partial charge in [-0.1, -0.05) is 55.4 Å². The lowest BCUT2D eigenvalue weighted by atomic mass is 10.2. The van der Waals surface area contributed by atoms with E-state index in [2.05, 4.69) is 32.6 Å². The molecule has 0 aliphatic rings. The molecule has 0 aliphatic heterocycles. The van der Waals surface area contributed by atoms with Crippen LogP contribution in [-0.4, -0.2) is 35.0 Å². The molecule has 4 rings (SSSR count). The Balaban J connectivity index is 1.66. The molecule has 0 radical (unpaired) electrons. The van der Waals surface area contributed by atoms with Crippen LogP contribution in [0.4, 0.5) is 4.39 Å². The van der Waals surface area contributed by atoms with Gasteiger partial charge in [-0.3, -0.25) is 4.57 Å². The third-order valence-electron chi connectivity index (χ3n) is 4.41. The van der Waals surface area contributed by atoms with Gasteiger partial charge in [-0.05, 0) is 41.1 Å². The molecule has 2 aromatic carbocycles. The Labute approximate surface area is 172 Å². The molecule has 4 aromatic rings. The molecule has 0 saturated heterocycles. The number of tetrazole rings is 1. The molecule has 2 heterocycles. The van der Waals surface area contributed by atoms with E-state index in [0.29, 0.717) is 16.7 Å². The number of aromatic nitrogens is 7. The fourth-order valence-electron chi connectivity index (χ4n) is 2.90. The summed E-state index contributed by atoms with van der Waals surface area (Å²) < 4.78 is 17.2. The maximum Gasteiger partial charge on any atom is 0.196 e. The molecule has 0 unspecified atom stereocenters. The maximum atomic E-state index is 13.5. The van der Waals surface area contributed by atoms with Crippen molar-refractivity contribution in [1.29, 1.82) is 0 Å². The molecule has 0 fully saturated rings. The minimum Gasteiger partial charge on any atom is -0.270 e. The Morgan fingerprint density at radius 1 is 0.966 bits per heavy atom. The predicted octanol–water partition coefficient (Wildman–Crippen LogP) is 4.15. The minimum atomic E-state index is -0.285. The molecular formula is C20H20FN7S. The second-order valence-electron chi connectivity index (χ2n) is 6.44. The SMILES string of the molecule is CCCCn1nnnc1CSc1nnc(-c2ccccc2)n1-c1ccc(F)cc1. The monoisotopic (exact) mass is 409 g/mol. The molecule has 2 aromatic heterocycles. The summed E-state index contributed by atoms with van der Waals surface area (Å²) >= 11 is 1.50. The summed E-state index contributed by atoms with van der Waals surface area (Å²) in [5, 5.41) is 21.5. The summed E-state index contributed by atoms with van der Waals surface area (Å²) in [6.45, 7) is 2.92. The van der Waals surface area contributed by atoms with Crippen LogP contribution in [0.2, 0.25) is 0 Å². The highest BCUT2D eigenvalue weighted by molar-refractivity contribution is 7.98. The summed E-state index contributed by atoms with van der Waals surface area (Å²) in [6, 6.07) is 16.1. The molecule has 0 bridgehead atoms. The zero-order valence-electron chi connectivity index (χ0n) is 15.9. The van der Waals surface area contributed by atoms with E-state index in [9.17, 15) is 4.39 Å². The van der Waals surface area contributed by atoms with E-state index in [0.717, 1.165) is 36.5 Å². The number of thioether (sulfide) groups is 1. The summed E-state index contributed by atoms with van der Waals surface area (Å²) in [7, 11) is 0. The van der Waals surface area contributed by atoms with Gasteiger partial charge in [0.2, 0.25) is 0 Å². The number of nitrogens with zero attached hydrogens (tertiary/aromatic N) is 7. The summed E-state index contributed by atoms with van der Waals surface area (Å²) in [6.07, 6.45) is 2.10. The number of benzene rings is 2. The number of unbranched alkanes of at least 4 members (excludes halogenated alkanes) is 1. The summed E-state index contributed by atoms with van der Waals surface area (Å²) in [5.74, 6) is 1.77. The molecule has 0 atom stereocenters. The van der Waals surface area contributed by atoms with Crippen molar-refractivity contribution in [1.82, 2.24) is 35.0 Å². The Hall–Kier alpha value is -3.07. The van der Waals surface area contributed by atoms with Crippen molar-refractivity contribution in [2.24, 2.45) is 0 Å². The average molecular weight is 409 g/mol. The van der Waals surface area contributed by atoms with E-state index in [1.165, 1.54) is 23.9 Å². The van der Waals surface area contributed by atoms with Gasteiger partial charge in [0.15, 0.2) is 16.8 Å². The van der Waals surface area contributed by atoms with Gasteiger partial charge in [0.1, 0.15) is 5.82 Å². The van der Waals surface area contributed by atoms with E-state index in [4.69, 9.17) is 0 Å². The van der Waals surface area contributed by atoms with Crippen LogP contribution in [0, 0.1) is 5.82 Å². The van der Waals surface area contributed by atoms with Crippen molar-refractivity contribution >= 4 is 11.8 Å². The average Bonchev–Trinajstić information content (AvgIpc) is 3.38. The molecule has 29 heavy (non-hydrogen) atoms. The topological polar surface area (TPSA) is 74.3 Å². The van der Waals surface area contributed by atoms with Crippen molar-refractivity contribution in [3.8, 4) is 17.1 Å². The molecule has 148 valence electrons. The van der Waals surface area contributed by atoms with E-state index >= 15 is 0 Å². The van der Waals surface area contributed by atoms with Gasteiger partial charge >= 0.3 is 0 Å². The normalized spacial score (nSPS) is 11.1. The first-order valence-electron chi connectivity index (χ1n) is 9.41. The van der Waals surface area contributed by atoms with Gasteiger partial charge in [-0.25, -0.2) is 9.07 Å². The number of rotatable bonds is 8. The van der Waals surface area contributed by atoms with Gasteiger partial charge in [0, 0.05) is 17.8 Å². The van der Waals surface area contributed by atoms with Crippen molar-refractivity contribution < 1.29 is 4.39 Å². The molecule has 0 saturated carbocycles. The number of hydrogen-bond donors (Lipinski definition) is 0. The molecule has 0 aliphatic carbocycles. The predicted molar refractivity (Wildman–Crippen MR) is 109 cm³/mol. The standard InChI is InChI=1S/C20H20FN7S/c1-2-3-13-27-18(22-25-26-27)14-29-20-24-23-19(15-7-5-4-6-8-15)28(20)17-11-9-16(21)10-12-17/h4-12H,2-3,13-14H2,1H3. The lowest BCUT2D eigenvalue weighted by Gasteiger charge is -2.10. The van der Waals surface area contributed by atoms with Crippen LogP contribution in [0.15, 0.2) is 59.8 Å². The Bertz CT molecular complexity index is 1060. The van der Waals surface area contributed by atoms with E-state index < -0.39 is 0 Å². The first kappa shape index (κ1) is 19.3. The molecular weight excluding hydrogens is 389 g/mol. The van der Waals surface area contributed by atoms with Crippen LogP contribution in [-0.2, 0) is 12.3 Å². The van der Waals surface area contributed by atoms with Gasteiger partial charge in [0.05, 0.1) is 5.75 Å². The van der Waals surface area contributed by atoms with Crippen LogP contribution in [0.3, 0.4) is 0 Å². The van der Waals surface area contributed by atoms with E-state index in [-0.39, 0.29) is 5.82 Å². The largest absolute Gasteiger partial charge is 0.270 e. The van der Waals surface area contributed by atoms with Crippen molar-refractivity contribution in [3.63, 3.8) is 0 Å². The van der Waals surface area contributed by atoms with Crippen LogP contribution in [0.1, 0.15) is 25.6 Å². The Morgan fingerprint density at radius 2 is 1.76 bits per heavy atom. The van der Waals surface area contributed by atoms with Crippen LogP contribution >= 0.6 is 11.8 Å². The molecule has 0 N–H and O–H groups in total. The Morgan fingerprint density at radius 3 is 2.52 bits per heavy atom. The fraction of sp³-hybridized carbons (Fsp3) is 0.250. The molecule has 0 amide bonds. The van der Waals surface area contributed by atoms with E-state index in [1.54, 1.807) is 12.1 Å². The first-order valence-corrected chi connectivity index (χ1v) is 10.4.